The van der Waals surface area contributed by atoms with Gasteiger partial charge >= 0.3 is 12.1 Å². The Bertz CT molecular complexity index is 902. The second-order valence-corrected chi connectivity index (χ2v) is 5.73. The quantitative estimate of drug-likeness (QED) is 0.746. The summed E-state index contributed by atoms with van der Waals surface area (Å²) >= 11 is 0. The van der Waals surface area contributed by atoms with Crippen molar-refractivity contribution < 1.29 is 19.4 Å². The van der Waals surface area contributed by atoms with E-state index in [-0.39, 0.29) is 13.0 Å². The minimum atomic E-state index is -1.08. The van der Waals surface area contributed by atoms with Gasteiger partial charge in [-0.15, -0.1) is 0 Å². The molecule has 0 radical (unpaired) electrons. The molecular formula is C19H18N2O4. The Kier molecular flexibility index (Phi) is 4.81. The van der Waals surface area contributed by atoms with Gasteiger partial charge in [0, 0.05) is 18.0 Å². The molecule has 0 saturated heterocycles. The van der Waals surface area contributed by atoms with Crippen LogP contribution in [0.25, 0.3) is 10.9 Å². The van der Waals surface area contributed by atoms with Crippen LogP contribution in [0.5, 0.6) is 0 Å². The summed E-state index contributed by atoms with van der Waals surface area (Å²) in [7, 11) is 0. The Morgan fingerprint density at radius 2 is 1.76 bits per heavy atom. The molecule has 0 bridgehead atoms. The molecule has 3 rings (SSSR count). The van der Waals surface area contributed by atoms with Gasteiger partial charge in [-0.1, -0.05) is 48.5 Å². The van der Waals surface area contributed by atoms with E-state index in [0.29, 0.717) is 11.1 Å². The van der Waals surface area contributed by atoms with Gasteiger partial charge in [0.05, 0.1) is 5.52 Å². The Labute approximate surface area is 144 Å². The average Bonchev–Trinajstić information content (AvgIpc) is 2.99. The molecule has 0 fully saturated rings. The summed E-state index contributed by atoms with van der Waals surface area (Å²) < 4.78 is 6.76. The molecule has 0 spiro atoms. The molecule has 6 heteroatoms. The van der Waals surface area contributed by atoms with Crippen molar-refractivity contribution in [1.29, 1.82) is 0 Å². The summed E-state index contributed by atoms with van der Waals surface area (Å²) in [4.78, 5) is 23.5. The van der Waals surface area contributed by atoms with Crippen molar-refractivity contribution in [2.75, 3.05) is 0 Å². The van der Waals surface area contributed by atoms with Crippen LogP contribution in [0, 0.1) is 0 Å². The number of carbonyl (C=O) groups is 2. The first-order valence-corrected chi connectivity index (χ1v) is 7.84. The van der Waals surface area contributed by atoms with Crippen molar-refractivity contribution in [3.63, 3.8) is 0 Å². The number of carboxylic acid groups (broad SMARTS) is 1. The summed E-state index contributed by atoms with van der Waals surface area (Å²) in [6.45, 7) is 0.163. The molecule has 1 heterocycles. The highest BCUT2D eigenvalue weighted by molar-refractivity contribution is 5.92. The van der Waals surface area contributed by atoms with Crippen LogP contribution in [-0.4, -0.2) is 27.8 Å². The van der Waals surface area contributed by atoms with E-state index in [2.05, 4.69) is 0 Å². The molecule has 3 N–H and O–H groups in total. The third-order valence-electron chi connectivity index (χ3n) is 3.95. The molecule has 0 saturated carbocycles. The number of carboxylic acids is 1. The maximum absolute atomic E-state index is 12.5. The van der Waals surface area contributed by atoms with Crippen molar-refractivity contribution in [2.45, 2.75) is 19.1 Å². The zero-order chi connectivity index (χ0) is 17.8. The van der Waals surface area contributed by atoms with E-state index in [1.807, 2.05) is 48.5 Å². The van der Waals surface area contributed by atoms with Crippen molar-refractivity contribution in [2.24, 2.45) is 5.73 Å². The number of rotatable bonds is 5. The Balaban J connectivity index is 1.85. The van der Waals surface area contributed by atoms with Gasteiger partial charge < -0.3 is 15.6 Å². The van der Waals surface area contributed by atoms with Crippen LogP contribution < -0.4 is 5.73 Å². The Hall–Kier alpha value is -3.12. The summed E-state index contributed by atoms with van der Waals surface area (Å²) in [5.41, 5.74) is 7.88. The predicted octanol–water partition coefficient (Wildman–Crippen LogP) is 2.78. The lowest BCUT2D eigenvalue weighted by molar-refractivity contribution is -0.138. The minimum Gasteiger partial charge on any atom is -0.480 e. The van der Waals surface area contributed by atoms with Crippen LogP contribution in [0.1, 0.15) is 11.1 Å². The number of fused-ring (bicyclic) bond motifs is 1. The predicted molar refractivity (Wildman–Crippen MR) is 93.3 cm³/mol. The molecular weight excluding hydrogens is 320 g/mol. The van der Waals surface area contributed by atoms with Gasteiger partial charge in [-0.3, -0.25) is 9.36 Å². The molecule has 1 unspecified atom stereocenters. The van der Waals surface area contributed by atoms with E-state index in [1.165, 1.54) is 4.57 Å². The summed E-state index contributed by atoms with van der Waals surface area (Å²) in [5, 5.41) is 9.81. The zero-order valence-electron chi connectivity index (χ0n) is 13.5. The molecule has 2 aromatic carbocycles. The number of benzene rings is 2. The number of para-hydroxylation sites is 1. The number of hydrogen-bond acceptors (Lipinski definition) is 4. The average molecular weight is 338 g/mol. The van der Waals surface area contributed by atoms with E-state index < -0.39 is 18.1 Å². The van der Waals surface area contributed by atoms with Gasteiger partial charge in [-0.25, -0.2) is 4.79 Å². The molecule has 128 valence electrons. The highest BCUT2D eigenvalue weighted by Crippen LogP contribution is 2.23. The number of carbonyl (C=O) groups excluding carboxylic acids is 1. The van der Waals surface area contributed by atoms with Gasteiger partial charge in [0.1, 0.15) is 12.6 Å². The molecule has 1 atom stereocenters. The summed E-state index contributed by atoms with van der Waals surface area (Å²) in [5.74, 6) is -1.08. The molecule has 3 aromatic rings. The fraction of sp³-hybridized carbons (Fsp3) is 0.158. The number of hydrogen-bond donors (Lipinski definition) is 2. The van der Waals surface area contributed by atoms with Crippen molar-refractivity contribution in [3.8, 4) is 0 Å². The van der Waals surface area contributed by atoms with Crippen LogP contribution >= 0.6 is 0 Å². The lowest BCUT2D eigenvalue weighted by Crippen LogP contribution is -2.32. The first-order chi connectivity index (χ1) is 12.1. The zero-order valence-corrected chi connectivity index (χ0v) is 13.5. The first-order valence-electron chi connectivity index (χ1n) is 7.84. The van der Waals surface area contributed by atoms with Crippen molar-refractivity contribution in [1.82, 2.24) is 4.57 Å². The van der Waals surface area contributed by atoms with E-state index in [0.717, 1.165) is 10.9 Å². The van der Waals surface area contributed by atoms with Gasteiger partial charge in [-0.2, -0.15) is 0 Å². The number of nitrogens with two attached hydrogens (primary N) is 1. The van der Waals surface area contributed by atoms with Crippen molar-refractivity contribution >= 4 is 23.0 Å². The van der Waals surface area contributed by atoms with Gasteiger partial charge in [0.15, 0.2) is 0 Å². The largest absolute Gasteiger partial charge is 0.480 e. The van der Waals surface area contributed by atoms with Crippen molar-refractivity contribution in [3.05, 3.63) is 71.9 Å². The van der Waals surface area contributed by atoms with Gasteiger partial charge in [-0.05, 0) is 17.2 Å². The maximum atomic E-state index is 12.5. The van der Waals surface area contributed by atoms with Crippen LogP contribution in [0.15, 0.2) is 60.8 Å². The highest BCUT2D eigenvalue weighted by Gasteiger charge is 2.19. The second kappa shape index (κ2) is 7.19. The molecule has 0 amide bonds. The molecule has 6 nitrogen and oxygen atoms in total. The normalized spacial score (nSPS) is 12.0. The minimum absolute atomic E-state index is 0.134. The molecule has 25 heavy (non-hydrogen) atoms. The van der Waals surface area contributed by atoms with E-state index in [9.17, 15) is 9.59 Å². The fourth-order valence-corrected chi connectivity index (χ4v) is 2.68. The first kappa shape index (κ1) is 16.7. The monoisotopic (exact) mass is 338 g/mol. The lowest BCUT2D eigenvalue weighted by Gasteiger charge is -2.06. The number of aromatic nitrogens is 1. The summed E-state index contributed by atoms with van der Waals surface area (Å²) in [6.07, 6.45) is 1.21. The summed E-state index contributed by atoms with van der Waals surface area (Å²) in [6, 6.07) is 15.6. The third-order valence-corrected chi connectivity index (χ3v) is 3.95. The van der Waals surface area contributed by atoms with Crippen LogP contribution in [0.3, 0.4) is 0 Å². The van der Waals surface area contributed by atoms with Crippen LogP contribution in [0.4, 0.5) is 4.79 Å². The molecule has 0 aliphatic rings. The molecule has 0 aliphatic heterocycles. The second-order valence-electron chi connectivity index (χ2n) is 5.73. The van der Waals surface area contributed by atoms with Crippen LogP contribution in [0.2, 0.25) is 0 Å². The standard InChI is InChI=1S/C19H18N2O4/c20-16(18(22)23)10-14-11-21(17-9-5-4-8-15(14)17)19(24)25-12-13-6-2-1-3-7-13/h1-9,11,16H,10,12,20H2,(H,22,23). The maximum Gasteiger partial charge on any atom is 0.418 e. The Morgan fingerprint density at radius 1 is 1.08 bits per heavy atom. The Morgan fingerprint density at radius 3 is 2.48 bits per heavy atom. The van der Waals surface area contributed by atoms with Crippen LogP contribution in [-0.2, 0) is 22.6 Å². The highest BCUT2D eigenvalue weighted by atomic mass is 16.5. The smallest absolute Gasteiger partial charge is 0.418 e. The molecule has 0 aliphatic carbocycles. The number of aliphatic carboxylic acids is 1. The van der Waals surface area contributed by atoms with E-state index >= 15 is 0 Å². The number of nitrogens with zero attached hydrogens (tertiary/aromatic N) is 1. The van der Waals surface area contributed by atoms with E-state index in [1.54, 1.807) is 12.3 Å². The third kappa shape index (κ3) is 3.70. The van der Waals surface area contributed by atoms with Gasteiger partial charge in [0.25, 0.3) is 0 Å². The van der Waals surface area contributed by atoms with E-state index in [4.69, 9.17) is 15.6 Å². The topological polar surface area (TPSA) is 94.5 Å². The van der Waals surface area contributed by atoms with Gasteiger partial charge in [0.2, 0.25) is 0 Å². The SMILES string of the molecule is NC(Cc1cn(C(=O)OCc2ccccc2)c2ccccc12)C(=O)O. The lowest BCUT2D eigenvalue weighted by atomic mass is 10.1. The number of ether oxygens (including phenoxy) is 1. The fourth-order valence-electron chi connectivity index (χ4n) is 2.68. The molecule has 1 aromatic heterocycles.